The van der Waals surface area contributed by atoms with E-state index in [4.69, 9.17) is 5.73 Å². The highest BCUT2D eigenvalue weighted by Gasteiger charge is 2.28. The predicted octanol–water partition coefficient (Wildman–Crippen LogP) is 1.53. The van der Waals surface area contributed by atoms with E-state index >= 15 is 0 Å². The molecule has 0 aromatic heterocycles. The minimum absolute atomic E-state index is 0. The molecule has 1 unspecified atom stereocenters. The number of benzene rings is 1. The van der Waals surface area contributed by atoms with Crippen molar-refractivity contribution in [2.45, 2.75) is 30.7 Å². The molecule has 0 radical (unpaired) electrons. The second-order valence-corrected chi connectivity index (χ2v) is 6.52. The predicted molar refractivity (Wildman–Crippen MR) is 74.4 cm³/mol. The Labute approximate surface area is 115 Å². The summed E-state index contributed by atoms with van der Waals surface area (Å²) in [7, 11) is -3.36. The van der Waals surface area contributed by atoms with Crippen molar-refractivity contribution in [3.8, 4) is 0 Å². The molecule has 1 aliphatic rings. The van der Waals surface area contributed by atoms with Crippen molar-refractivity contribution in [3.63, 3.8) is 0 Å². The van der Waals surface area contributed by atoms with Gasteiger partial charge in [0.2, 0.25) is 10.0 Å². The SMILES string of the molecule is Cc1ccc(S(=O)(=O)N2CCCC(N)C2)cc1.Cl. The van der Waals surface area contributed by atoms with Crippen LogP contribution in [-0.4, -0.2) is 31.9 Å². The Bertz CT molecular complexity index is 487. The molecule has 0 aliphatic carbocycles. The third-order valence-corrected chi connectivity index (χ3v) is 4.96. The van der Waals surface area contributed by atoms with E-state index in [0.29, 0.717) is 18.0 Å². The zero-order chi connectivity index (χ0) is 12.5. The number of nitrogens with zero attached hydrogens (tertiary/aromatic N) is 1. The quantitative estimate of drug-likeness (QED) is 0.898. The first-order valence-corrected chi connectivity index (χ1v) is 7.26. The standard InChI is InChI=1S/C12H18N2O2S.ClH/c1-10-4-6-12(7-5-10)17(15,16)14-8-2-3-11(13)9-14;/h4-7,11H,2-3,8-9,13H2,1H3;1H. The van der Waals surface area contributed by atoms with Gasteiger partial charge in [0.25, 0.3) is 0 Å². The van der Waals surface area contributed by atoms with Crippen LogP contribution in [0.5, 0.6) is 0 Å². The number of rotatable bonds is 2. The summed E-state index contributed by atoms with van der Waals surface area (Å²) in [6, 6.07) is 6.91. The van der Waals surface area contributed by atoms with E-state index in [1.165, 1.54) is 4.31 Å². The monoisotopic (exact) mass is 290 g/mol. The van der Waals surface area contributed by atoms with Crippen LogP contribution in [0.25, 0.3) is 0 Å². The molecule has 0 amide bonds. The molecule has 0 bridgehead atoms. The van der Waals surface area contributed by atoms with Gasteiger partial charge in [-0.15, -0.1) is 12.4 Å². The topological polar surface area (TPSA) is 63.4 Å². The van der Waals surface area contributed by atoms with Crippen LogP contribution < -0.4 is 5.73 Å². The van der Waals surface area contributed by atoms with Crippen molar-refractivity contribution in [1.29, 1.82) is 0 Å². The number of halogens is 1. The maximum atomic E-state index is 12.3. The molecule has 1 aromatic rings. The molecule has 18 heavy (non-hydrogen) atoms. The number of aryl methyl sites for hydroxylation is 1. The van der Waals surface area contributed by atoms with Crippen molar-refractivity contribution in [3.05, 3.63) is 29.8 Å². The average Bonchev–Trinajstić information content (AvgIpc) is 2.29. The number of hydrogen-bond acceptors (Lipinski definition) is 3. The van der Waals surface area contributed by atoms with Gasteiger partial charge < -0.3 is 5.73 Å². The molecule has 1 heterocycles. The summed E-state index contributed by atoms with van der Waals surface area (Å²) in [5.74, 6) is 0. The zero-order valence-corrected chi connectivity index (χ0v) is 12.0. The fourth-order valence-electron chi connectivity index (χ4n) is 2.05. The molecule has 0 spiro atoms. The first-order chi connectivity index (χ1) is 8.00. The van der Waals surface area contributed by atoms with E-state index in [1.54, 1.807) is 12.1 Å². The van der Waals surface area contributed by atoms with E-state index in [2.05, 4.69) is 0 Å². The van der Waals surface area contributed by atoms with Crippen LogP contribution in [0.3, 0.4) is 0 Å². The van der Waals surface area contributed by atoms with Crippen molar-refractivity contribution in [2.75, 3.05) is 13.1 Å². The Morgan fingerprint density at radius 1 is 1.28 bits per heavy atom. The minimum atomic E-state index is -3.36. The Hall–Kier alpha value is -0.620. The summed E-state index contributed by atoms with van der Waals surface area (Å²) in [6.07, 6.45) is 1.74. The van der Waals surface area contributed by atoms with Crippen LogP contribution in [0.15, 0.2) is 29.2 Å². The highest BCUT2D eigenvalue weighted by Crippen LogP contribution is 2.20. The van der Waals surface area contributed by atoms with Crippen LogP contribution in [0.1, 0.15) is 18.4 Å². The second kappa shape index (κ2) is 6.02. The van der Waals surface area contributed by atoms with E-state index < -0.39 is 10.0 Å². The lowest BCUT2D eigenvalue weighted by atomic mass is 10.1. The summed E-state index contributed by atoms with van der Waals surface area (Å²) in [5, 5.41) is 0. The summed E-state index contributed by atoms with van der Waals surface area (Å²) in [5.41, 5.74) is 6.87. The molecule has 1 atom stereocenters. The Morgan fingerprint density at radius 2 is 1.89 bits per heavy atom. The van der Waals surface area contributed by atoms with Crippen molar-refractivity contribution in [2.24, 2.45) is 5.73 Å². The fraction of sp³-hybridized carbons (Fsp3) is 0.500. The van der Waals surface area contributed by atoms with Gasteiger partial charge in [0.1, 0.15) is 0 Å². The largest absolute Gasteiger partial charge is 0.327 e. The number of hydrogen-bond donors (Lipinski definition) is 1. The molecule has 4 nitrogen and oxygen atoms in total. The summed E-state index contributed by atoms with van der Waals surface area (Å²) in [6.45, 7) is 2.94. The highest BCUT2D eigenvalue weighted by molar-refractivity contribution is 7.89. The maximum absolute atomic E-state index is 12.3. The third-order valence-electron chi connectivity index (χ3n) is 3.08. The molecule has 1 saturated heterocycles. The van der Waals surface area contributed by atoms with E-state index in [0.717, 1.165) is 18.4 Å². The average molecular weight is 291 g/mol. The van der Waals surface area contributed by atoms with E-state index in [-0.39, 0.29) is 18.4 Å². The van der Waals surface area contributed by atoms with Crippen LogP contribution >= 0.6 is 12.4 Å². The van der Waals surface area contributed by atoms with Gasteiger partial charge in [-0.3, -0.25) is 0 Å². The lowest BCUT2D eigenvalue weighted by Crippen LogP contribution is -2.45. The number of nitrogens with two attached hydrogens (primary N) is 1. The molecular formula is C12H19ClN2O2S. The lowest BCUT2D eigenvalue weighted by molar-refractivity contribution is 0.316. The van der Waals surface area contributed by atoms with Crippen molar-refractivity contribution < 1.29 is 8.42 Å². The zero-order valence-electron chi connectivity index (χ0n) is 10.4. The van der Waals surface area contributed by atoms with Gasteiger partial charge in [-0.25, -0.2) is 8.42 Å². The first-order valence-electron chi connectivity index (χ1n) is 5.82. The van der Waals surface area contributed by atoms with Crippen LogP contribution in [-0.2, 0) is 10.0 Å². The lowest BCUT2D eigenvalue weighted by Gasteiger charge is -2.29. The Kier molecular flexibility index (Phi) is 5.16. The summed E-state index contributed by atoms with van der Waals surface area (Å²) in [4.78, 5) is 0.359. The van der Waals surface area contributed by atoms with Crippen LogP contribution in [0.4, 0.5) is 0 Å². The van der Waals surface area contributed by atoms with E-state index in [9.17, 15) is 8.42 Å². The maximum Gasteiger partial charge on any atom is 0.243 e. The molecule has 6 heteroatoms. The molecule has 2 rings (SSSR count). The van der Waals surface area contributed by atoms with Gasteiger partial charge in [-0.05, 0) is 31.9 Å². The molecular weight excluding hydrogens is 272 g/mol. The van der Waals surface area contributed by atoms with Gasteiger partial charge in [-0.2, -0.15) is 4.31 Å². The minimum Gasteiger partial charge on any atom is -0.327 e. The second-order valence-electron chi connectivity index (χ2n) is 4.58. The Morgan fingerprint density at radius 3 is 2.44 bits per heavy atom. The van der Waals surface area contributed by atoms with Gasteiger partial charge >= 0.3 is 0 Å². The summed E-state index contributed by atoms with van der Waals surface area (Å²) >= 11 is 0. The third kappa shape index (κ3) is 3.23. The van der Waals surface area contributed by atoms with Gasteiger partial charge in [0.05, 0.1) is 4.90 Å². The molecule has 1 fully saturated rings. The van der Waals surface area contributed by atoms with Gasteiger partial charge in [0, 0.05) is 19.1 Å². The van der Waals surface area contributed by atoms with Gasteiger partial charge in [-0.1, -0.05) is 17.7 Å². The summed E-state index contributed by atoms with van der Waals surface area (Å²) < 4.78 is 26.1. The van der Waals surface area contributed by atoms with Crippen LogP contribution in [0, 0.1) is 6.92 Å². The normalized spacial score (nSPS) is 21.3. The van der Waals surface area contributed by atoms with Crippen molar-refractivity contribution >= 4 is 22.4 Å². The Balaban J connectivity index is 0.00000162. The molecule has 1 aliphatic heterocycles. The number of piperidine rings is 1. The van der Waals surface area contributed by atoms with Crippen molar-refractivity contribution in [1.82, 2.24) is 4.31 Å². The smallest absolute Gasteiger partial charge is 0.243 e. The molecule has 0 saturated carbocycles. The molecule has 1 aromatic carbocycles. The molecule has 102 valence electrons. The first kappa shape index (κ1) is 15.4. The number of sulfonamides is 1. The fourth-order valence-corrected chi connectivity index (χ4v) is 3.59. The van der Waals surface area contributed by atoms with E-state index in [1.807, 2.05) is 19.1 Å². The molecule has 2 N–H and O–H groups in total. The van der Waals surface area contributed by atoms with Crippen LogP contribution in [0.2, 0.25) is 0 Å². The van der Waals surface area contributed by atoms with Gasteiger partial charge in [0.15, 0.2) is 0 Å². The highest BCUT2D eigenvalue weighted by atomic mass is 35.5.